The lowest BCUT2D eigenvalue weighted by Crippen LogP contribution is -2.67. The Bertz CT molecular complexity index is 417. The largest absolute Gasteiger partial charge is 0.477 e. The second-order valence-corrected chi connectivity index (χ2v) is 5.13. The van der Waals surface area contributed by atoms with Crippen LogP contribution in [0, 0.1) is 0 Å². The van der Waals surface area contributed by atoms with E-state index in [4.69, 9.17) is 14.9 Å². The molecular weight excluding hydrogens is 302 g/mol. The van der Waals surface area contributed by atoms with Crippen LogP contribution in [-0.4, -0.2) is 85.4 Å². The molecule has 128 valence electrons. The molecular formula is C12H21NO9. The topological polar surface area (TPSA) is 177 Å². The summed E-state index contributed by atoms with van der Waals surface area (Å²) in [6, 6.07) is -1.26. The quantitative estimate of drug-likeness (QED) is 0.261. The number of carboxylic acid groups (broad SMARTS) is 1. The summed E-state index contributed by atoms with van der Waals surface area (Å²) < 4.78 is 4.91. The number of carbonyl (C=O) groups excluding carboxylic acids is 1. The Morgan fingerprint density at radius 2 is 2.00 bits per heavy atom. The maximum atomic E-state index is 11.5. The van der Waals surface area contributed by atoms with Gasteiger partial charge >= 0.3 is 5.97 Å². The van der Waals surface area contributed by atoms with Gasteiger partial charge in [0.15, 0.2) is 0 Å². The van der Waals surface area contributed by atoms with E-state index in [0.717, 1.165) is 0 Å². The third-order valence-electron chi connectivity index (χ3n) is 3.49. The number of nitrogens with one attached hydrogen (secondary N) is 1. The number of aliphatic hydroxyl groups excluding tert-OH is 4. The van der Waals surface area contributed by atoms with Gasteiger partial charge in [0.25, 0.3) is 5.79 Å². The standard InChI is InChI=1S/C12H21NO9/c1-2-7(17)13-8-5(15)3-12(21,11(19)20)22-10(8)9(18)6(16)4-14/h5-6,8-10,14-16,18,21H,2-4H2,1H3,(H,13,17)(H,19,20)/t5?,6?,8-,9?,10+,12?/m0/s1. The van der Waals surface area contributed by atoms with E-state index in [-0.39, 0.29) is 6.42 Å². The SMILES string of the molecule is CCC(=O)N[C@H]1C(O)CC(O)(C(=O)O)O[C@H]1C(O)C(O)CO. The molecule has 1 fully saturated rings. The van der Waals surface area contributed by atoms with Crippen molar-refractivity contribution in [3.05, 3.63) is 0 Å². The van der Waals surface area contributed by atoms with Crippen LogP contribution in [0.5, 0.6) is 0 Å². The molecule has 0 aromatic carbocycles. The Balaban J connectivity index is 3.07. The summed E-state index contributed by atoms with van der Waals surface area (Å²) in [5.74, 6) is -5.08. The fourth-order valence-corrected chi connectivity index (χ4v) is 2.19. The zero-order valence-electron chi connectivity index (χ0n) is 11.9. The molecule has 10 nitrogen and oxygen atoms in total. The molecule has 1 aliphatic heterocycles. The van der Waals surface area contributed by atoms with Crippen LogP contribution in [0.2, 0.25) is 0 Å². The van der Waals surface area contributed by atoms with Crippen molar-refractivity contribution in [1.29, 1.82) is 0 Å². The van der Waals surface area contributed by atoms with Crippen LogP contribution >= 0.6 is 0 Å². The minimum Gasteiger partial charge on any atom is -0.477 e. The molecule has 0 radical (unpaired) electrons. The van der Waals surface area contributed by atoms with Gasteiger partial charge in [-0.3, -0.25) is 4.79 Å². The van der Waals surface area contributed by atoms with Gasteiger partial charge in [-0.2, -0.15) is 0 Å². The molecule has 1 amide bonds. The second-order valence-electron chi connectivity index (χ2n) is 5.13. The van der Waals surface area contributed by atoms with Crippen molar-refractivity contribution in [2.45, 2.75) is 56.0 Å². The van der Waals surface area contributed by atoms with E-state index in [1.165, 1.54) is 6.92 Å². The molecule has 1 heterocycles. The molecule has 6 atom stereocenters. The van der Waals surface area contributed by atoms with E-state index in [0.29, 0.717) is 0 Å². The molecule has 4 unspecified atom stereocenters. The van der Waals surface area contributed by atoms with Gasteiger partial charge in [0.2, 0.25) is 5.91 Å². The Labute approximate surface area is 125 Å². The molecule has 0 bridgehead atoms. The Kier molecular flexibility index (Phi) is 6.23. The first-order valence-electron chi connectivity index (χ1n) is 6.74. The molecule has 0 aliphatic carbocycles. The minimum absolute atomic E-state index is 0.0534. The van der Waals surface area contributed by atoms with Crippen LogP contribution in [0.25, 0.3) is 0 Å². The molecule has 1 saturated heterocycles. The zero-order valence-corrected chi connectivity index (χ0v) is 11.9. The summed E-state index contributed by atoms with van der Waals surface area (Å²) in [6.07, 6.45) is -7.42. The lowest BCUT2D eigenvalue weighted by Gasteiger charge is -2.44. The molecule has 10 heteroatoms. The number of hydrogen-bond donors (Lipinski definition) is 7. The predicted octanol–water partition coefficient (Wildman–Crippen LogP) is -3.48. The third-order valence-corrected chi connectivity index (χ3v) is 3.49. The summed E-state index contributed by atoms with van der Waals surface area (Å²) >= 11 is 0. The maximum Gasteiger partial charge on any atom is 0.364 e. The van der Waals surface area contributed by atoms with Crippen LogP contribution in [0.15, 0.2) is 0 Å². The number of ether oxygens (including phenoxy) is 1. The highest BCUT2D eigenvalue weighted by Crippen LogP contribution is 2.30. The monoisotopic (exact) mass is 323 g/mol. The van der Waals surface area contributed by atoms with Crippen LogP contribution in [0.4, 0.5) is 0 Å². The van der Waals surface area contributed by atoms with E-state index >= 15 is 0 Å². The molecule has 0 saturated carbocycles. The lowest BCUT2D eigenvalue weighted by molar-refractivity contribution is -0.295. The molecule has 1 rings (SSSR count). The van der Waals surface area contributed by atoms with Crippen LogP contribution < -0.4 is 5.32 Å². The van der Waals surface area contributed by atoms with Crippen molar-refractivity contribution in [3.8, 4) is 0 Å². The van der Waals surface area contributed by atoms with Gasteiger partial charge in [0, 0.05) is 12.8 Å². The molecule has 22 heavy (non-hydrogen) atoms. The number of aliphatic carboxylic acids is 1. The van der Waals surface area contributed by atoms with Crippen molar-refractivity contribution in [2.24, 2.45) is 0 Å². The second kappa shape index (κ2) is 7.31. The van der Waals surface area contributed by atoms with Gasteiger partial charge < -0.3 is 40.7 Å². The number of aliphatic hydroxyl groups is 5. The number of hydrogen-bond acceptors (Lipinski definition) is 8. The first-order chi connectivity index (χ1) is 10.2. The van der Waals surface area contributed by atoms with Gasteiger partial charge in [-0.25, -0.2) is 4.79 Å². The molecule has 7 N–H and O–H groups in total. The number of rotatable bonds is 6. The highest BCUT2D eigenvalue weighted by Gasteiger charge is 2.53. The van der Waals surface area contributed by atoms with Crippen LogP contribution in [-0.2, 0) is 14.3 Å². The Morgan fingerprint density at radius 1 is 1.41 bits per heavy atom. The maximum absolute atomic E-state index is 11.5. The van der Waals surface area contributed by atoms with Gasteiger partial charge in [0.05, 0.1) is 18.8 Å². The number of carboxylic acids is 1. The molecule has 1 aliphatic rings. The molecule has 0 aromatic heterocycles. The summed E-state index contributed by atoms with van der Waals surface area (Å²) in [5.41, 5.74) is 0. The number of amides is 1. The van der Waals surface area contributed by atoms with E-state index in [1.54, 1.807) is 0 Å². The first-order valence-corrected chi connectivity index (χ1v) is 6.74. The van der Waals surface area contributed by atoms with E-state index < -0.39 is 61.1 Å². The van der Waals surface area contributed by atoms with Crippen molar-refractivity contribution in [3.63, 3.8) is 0 Å². The highest BCUT2D eigenvalue weighted by molar-refractivity contribution is 5.77. The fourth-order valence-electron chi connectivity index (χ4n) is 2.19. The van der Waals surface area contributed by atoms with Crippen LogP contribution in [0.1, 0.15) is 19.8 Å². The zero-order chi connectivity index (χ0) is 17.1. The highest BCUT2D eigenvalue weighted by atomic mass is 16.7. The van der Waals surface area contributed by atoms with Gasteiger partial charge in [-0.1, -0.05) is 6.92 Å². The Hall–Kier alpha value is -1.30. The van der Waals surface area contributed by atoms with E-state index in [9.17, 15) is 30.0 Å². The molecule has 0 aromatic rings. The number of carbonyl (C=O) groups is 2. The van der Waals surface area contributed by atoms with Crippen molar-refractivity contribution in [1.82, 2.24) is 5.32 Å². The first kappa shape index (κ1) is 18.7. The van der Waals surface area contributed by atoms with Crippen molar-refractivity contribution < 1.29 is 45.0 Å². The predicted molar refractivity (Wildman–Crippen MR) is 69.4 cm³/mol. The third kappa shape index (κ3) is 3.91. The summed E-state index contributed by atoms with van der Waals surface area (Å²) in [6.45, 7) is 0.671. The summed E-state index contributed by atoms with van der Waals surface area (Å²) in [4.78, 5) is 22.5. The van der Waals surface area contributed by atoms with Gasteiger partial charge in [0.1, 0.15) is 18.3 Å². The minimum atomic E-state index is -2.78. The fraction of sp³-hybridized carbons (Fsp3) is 0.833. The lowest BCUT2D eigenvalue weighted by atomic mass is 9.88. The van der Waals surface area contributed by atoms with Crippen LogP contribution in [0.3, 0.4) is 0 Å². The van der Waals surface area contributed by atoms with Gasteiger partial charge in [-0.15, -0.1) is 0 Å². The smallest absolute Gasteiger partial charge is 0.364 e. The Morgan fingerprint density at radius 3 is 2.45 bits per heavy atom. The van der Waals surface area contributed by atoms with E-state index in [1.807, 2.05) is 0 Å². The average molecular weight is 323 g/mol. The van der Waals surface area contributed by atoms with Crippen molar-refractivity contribution >= 4 is 11.9 Å². The van der Waals surface area contributed by atoms with E-state index in [2.05, 4.69) is 5.32 Å². The molecule has 0 spiro atoms. The summed E-state index contributed by atoms with van der Waals surface area (Å²) in [7, 11) is 0. The average Bonchev–Trinajstić information content (AvgIpc) is 2.47. The van der Waals surface area contributed by atoms with Crippen molar-refractivity contribution in [2.75, 3.05) is 6.61 Å². The summed E-state index contributed by atoms with van der Waals surface area (Å²) in [5, 5.41) is 59.4. The van der Waals surface area contributed by atoms with Gasteiger partial charge in [-0.05, 0) is 0 Å². The normalized spacial score (nSPS) is 34.7.